The zero-order valence-corrected chi connectivity index (χ0v) is 13.5. The fourth-order valence-electron chi connectivity index (χ4n) is 2.35. The molecule has 3 rings (SSSR count). The van der Waals surface area contributed by atoms with Gasteiger partial charge >= 0.3 is 0 Å². The number of hydrogen-bond donors (Lipinski definition) is 1. The number of carbonyl (C=O) groups excluding carboxylic acids is 2. The topological polar surface area (TPSA) is 62.8 Å². The first-order chi connectivity index (χ1) is 12.0. The highest BCUT2D eigenvalue weighted by atomic mass is 35.5. The van der Waals surface area contributed by atoms with E-state index in [-0.39, 0.29) is 23.5 Å². The van der Waals surface area contributed by atoms with Gasteiger partial charge < -0.3 is 4.98 Å². The molecule has 0 saturated heterocycles. The summed E-state index contributed by atoms with van der Waals surface area (Å²) in [4.78, 5) is 31.2. The number of Topliss-reactive ketones (excluding diaryl/α,β-unsaturated/α-hetero) is 1. The molecule has 0 bridgehead atoms. The van der Waals surface area contributed by atoms with Gasteiger partial charge in [0.1, 0.15) is 11.6 Å². The van der Waals surface area contributed by atoms with Crippen molar-refractivity contribution in [3.63, 3.8) is 0 Å². The molecule has 1 aromatic carbocycles. The number of nitrogens with zero attached hydrogens (tertiary/aromatic N) is 1. The molecule has 126 valence electrons. The molecular formula is C18H11ClF2N2O2. The summed E-state index contributed by atoms with van der Waals surface area (Å²) in [6.07, 6.45) is 4.52. The number of carbonyl (C=O) groups is 2. The minimum absolute atomic E-state index is 0.0148. The average Bonchev–Trinajstić information content (AvgIpc) is 3.09. The summed E-state index contributed by atoms with van der Waals surface area (Å²) in [5.74, 6) is -2.90. The minimum atomic E-state index is -0.930. The van der Waals surface area contributed by atoms with Crippen molar-refractivity contribution in [3.05, 3.63) is 88.0 Å². The summed E-state index contributed by atoms with van der Waals surface area (Å²) in [6.45, 7) is 0. The second-order valence-corrected chi connectivity index (χ2v) is 5.69. The van der Waals surface area contributed by atoms with E-state index < -0.39 is 28.0 Å². The van der Waals surface area contributed by atoms with E-state index in [1.165, 1.54) is 12.3 Å². The quantitative estimate of drug-likeness (QED) is 0.552. The van der Waals surface area contributed by atoms with Gasteiger partial charge in [-0.1, -0.05) is 17.7 Å². The number of pyridine rings is 1. The Balaban J connectivity index is 1.85. The molecule has 0 aliphatic rings. The first kappa shape index (κ1) is 17.0. The molecule has 0 aliphatic carbocycles. The molecule has 0 aliphatic heterocycles. The molecule has 1 N–H and O–H groups in total. The number of benzene rings is 1. The van der Waals surface area contributed by atoms with E-state index in [4.69, 9.17) is 11.6 Å². The second-order valence-electron chi connectivity index (χ2n) is 5.31. The van der Waals surface area contributed by atoms with Crippen LogP contribution in [-0.4, -0.2) is 21.5 Å². The van der Waals surface area contributed by atoms with Gasteiger partial charge in [-0.2, -0.15) is 0 Å². The number of hydrogen-bond acceptors (Lipinski definition) is 3. The number of aromatic amines is 1. The highest BCUT2D eigenvalue weighted by molar-refractivity contribution is 6.35. The Morgan fingerprint density at radius 1 is 1.16 bits per heavy atom. The Kier molecular flexibility index (Phi) is 4.72. The van der Waals surface area contributed by atoms with Crippen molar-refractivity contribution in [2.24, 2.45) is 0 Å². The van der Waals surface area contributed by atoms with Crippen molar-refractivity contribution in [2.45, 2.75) is 6.42 Å². The third-order valence-electron chi connectivity index (χ3n) is 3.60. The van der Waals surface area contributed by atoms with E-state index in [0.717, 1.165) is 12.1 Å². The van der Waals surface area contributed by atoms with E-state index in [9.17, 15) is 18.4 Å². The SMILES string of the molecule is O=C(Cc1cccnc1)c1cc(C(=O)c2c(F)ccc(F)c2Cl)c[nH]1. The lowest BCUT2D eigenvalue weighted by molar-refractivity contribution is 0.0988. The Morgan fingerprint density at radius 2 is 1.92 bits per heavy atom. The fourth-order valence-corrected chi connectivity index (χ4v) is 2.59. The average molecular weight is 361 g/mol. The molecule has 0 radical (unpaired) electrons. The van der Waals surface area contributed by atoms with Crippen LogP contribution in [0, 0.1) is 11.6 Å². The lowest BCUT2D eigenvalue weighted by atomic mass is 10.0. The third-order valence-corrected chi connectivity index (χ3v) is 3.97. The molecule has 0 fully saturated rings. The van der Waals surface area contributed by atoms with Gasteiger partial charge in [0.25, 0.3) is 0 Å². The van der Waals surface area contributed by atoms with Crippen molar-refractivity contribution in [2.75, 3.05) is 0 Å². The molecule has 0 saturated carbocycles. The molecule has 25 heavy (non-hydrogen) atoms. The standard InChI is InChI=1S/C18H11ClF2N2O2/c19-17-13(21)4-3-12(20)16(17)18(25)11-7-14(23-9-11)15(24)6-10-2-1-5-22-8-10/h1-5,7-9,23H,6H2. The first-order valence-corrected chi connectivity index (χ1v) is 7.64. The maximum atomic E-state index is 13.9. The number of halogens is 3. The summed E-state index contributed by atoms with van der Waals surface area (Å²) >= 11 is 5.70. The lowest BCUT2D eigenvalue weighted by Crippen LogP contribution is -2.06. The van der Waals surface area contributed by atoms with Crippen molar-refractivity contribution < 1.29 is 18.4 Å². The first-order valence-electron chi connectivity index (χ1n) is 7.26. The van der Waals surface area contributed by atoms with Gasteiger partial charge in [-0.3, -0.25) is 14.6 Å². The highest BCUT2D eigenvalue weighted by Crippen LogP contribution is 2.25. The van der Waals surface area contributed by atoms with Gasteiger partial charge in [0.15, 0.2) is 11.6 Å². The molecule has 2 aromatic heterocycles. The predicted molar refractivity (Wildman–Crippen MR) is 87.9 cm³/mol. The van der Waals surface area contributed by atoms with Crippen LogP contribution >= 0.6 is 11.6 Å². The molecule has 0 unspecified atom stereocenters. The number of ketones is 2. The van der Waals surface area contributed by atoms with Gasteiger partial charge in [0.05, 0.1) is 16.3 Å². The molecule has 2 heterocycles. The van der Waals surface area contributed by atoms with Crippen LogP contribution in [0.15, 0.2) is 48.9 Å². The molecular weight excluding hydrogens is 350 g/mol. The van der Waals surface area contributed by atoms with Gasteiger partial charge in [0.2, 0.25) is 0 Å². The third kappa shape index (κ3) is 3.49. The molecule has 3 aromatic rings. The summed E-state index contributed by atoms with van der Waals surface area (Å²) in [5.41, 5.74) is 0.349. The van der Waals surface area contributed by atoms with E-state index in [1.54, 1.807) is 24.5 Å². The van der Waals surface area contributed by atoms with Crippen LogP contribution in [0.25, 0.3) is 0 Å². The zero-order valence-electron chi connectivity index (χ0n) is 12.7. The molecule has 7 heteroatoms. The Morgan fingerprint density at radius 3 is 2.64 bits per heavy atom. The smallest absolute Gasteiger partial charge is 0.199 e. The van der Waals surface area contributed by atoms with Crippen molar-refractivity contribution in [1.82, 2.24) is 9.97 Å². The van der Waals surface area contributed by atoms with Gasteiger partial charge in [-0.05, 0) is 29.8 Å². The molecule has 0 spiro atoms. The van der Waals surface area contributed by atoms with Crippen LogP contribution < -0.4 is 0 Å². The Labute approximate surface area is 146 Å². The van der Waals surface area contributed by atoms with Gasteiger partial charge in [-0.15, -0.1) is 0 Å². The van der Waals surface area contributed by atoms with Crippen molar-refractivity contribution in [1.29, 1.82) is 0 Å². The summed E-state index contributed by atoms with van der Waals surface area (Å²) in [7, 11) is 0. The largest absolute Gasteiger partial charge is 0.358 e. The van der Waals surface area contributed by atoms with Gasteiger partial charge in [0, 0.05) is 30.6 Å². The van der Waals surface area contributed by atoms with Gasteiger partial charge in [-0.25, -0.2) is 8.78 Å². The maximum Gasteiger partial charge on any atom is 0.199 e. The summed E-state index contributed by atoms with van der Waals surface area (Å²) in [6, 6.07) is 6.43. The lowest BCUT2D eigenvalue weighted by Gasteiger charge is -2.04. The molecule has 0 amide bonds. The van der Waals surface area contributed by atoms with Crippen LogP contribution in [0.3, 0.4) is 0 Å². The number of H-pyrrole nitrogens is 1. The monoisotopic (exact) mass is 360 g/mol. The fraction of sp³-hybridized carbons (Fsp3) is 0.0556. The van der Waals surface area contributed by atoms with Crippen LogP contribution in [0.1, 0.15) is 32.0 Å². The predicted octanol–water partition coefficient (Wildman–Crippen LogP) is 4.00. The number of nitrogens with one attached hydrogen (secondary N) is 1. The van der Waals surface area contributed by atoms with E-state index in [2.05, 4.69) is 9.97 Å². The normalized spacial score (nSPS) is 10.7. The zero-order chi connectivity index (χ0) is 18.0. The molecule has 4 nitrogen and oxygen atoms in total. The minimum Gasteiger partial charge on any atom is -0.358 e. The summed E-state index contributed by atoms with van der Waals surface area (Å²) in [5, 5.41) is -0.588. The van der Waals surface area contributed by atoms with E-state index in [0.29, 0.717) is 5.56 Å². The van der Waals surface area contributed by atoms with Crippen LogP contribution in [-0.2, 0) is 6.42 Å². The highest BCUT2D eigenvalue weighted by Gasteiger charge is 2.22. The number of rotatable bonds is 5. The summed E-state index contributed by atoms with van der Waals surface area (Å²) < 4.78 is 27.4. The second kappa shape index (κ2) is 6.94. The van der Waals surface area contributed by atoms with E-state index >= 15 is 0 Å². The maximum absolute atomic E-state index is 13.9. The van der Waals surface area contributed by atoms with E-state index in [1.807, 2.05) is 0 Å². The van der Waals surface area contributed by atoms with Crippen LogP contribution in [0.5, 0.6) is 0 Å². The Hall–Kier alpha value is -2.86. The van der Waals surface area contributed by atoms with Crippen LogP contribution in [0.4, 0.5) is 8.78 Å². The molecule has 0 atom stereocenters. The van der Waals surface area contributed by atoms with Crippen LogP contribution in [0.2, 0.25) is 5.02 Å². The van der Waals surface area contributed by atoms with Crippen molar-refractivity contribution >= 4 is 23.2 Å². The Bertz CT molecular complexity index is 955. The van der Waals surface area contributed by atoms with Crippen molar-refractivity contribution in [3.8, 4) is 0 Å². The number of aromatic nitrogens is 2.